The van der Waals surface area contributed by atoms with E-state index in [1.165, 1.54) is 12.0 Å². The second-order valence-corrected chi connectivity index (χ2v) is 3.89. The Hall–Kier alpha value is -0.300. The van der Waals surface area contributed by atoms with Gasteiger partial charge in [-0.1, -0.05) is 25.5 Å². The van der Waals surface area contributed by atoms with Crippen molar-refractivity contribution in [3.63, 3.8) is 0 Å². The maximum absolute atomic E-state index is 9.08. The Kier molecular flexibility index (Phi) is 2.72. The molecule has 11 heavy (non-hydrogen) atoms. The van der Waals surface area contributed by atoms with Crippen LogP contribution in [0.4, 0.5) is 0 Å². The Morgan fingerprint density at radius 1 is 1.55 bits per heavy atom. The van der Waals surface area contributed by atoms with E-state index in [1.807, 2.05) is 0 Å². The van der Waals surface area contributed by atoms with Crippen molar-refractivity contribution in [1.82, 2.24) is 0 Å². The molecule has 1 rings (SSSR count). The third kappa shape index (κ3) is 1.84. The molecule has 0 aromatic rings. The van der Waals surface area contributed by atoms with Crippen LogP contribution in [0.25, 0.3) is 0 Å². The van der Waals surface area contributed by atoms with Gasteiger partial charge in [0.1, 0.15) is 0 Å². The van der Waals surface area contributed by atoms with Crippen LogP contribution in [0.1, 0.15) is 27.2 Å². The van der Waals surface area contributed by atoms with E-state index in [0.29, 0.717) is 24.4 Å². The average Bonchev–Trinajstić information content (AvgIpc) is 1.85. The van der Waals surface area contributed by atoms with Crippen LogP contribution in [0.2, 0.25) is 0 Å². The third-order valence-corrected chi connectivity index (χ3v) is 2.76. The highest BCUT2D eigenvalue weighted by Gasteiger charge is 2.23. The van der Waals surface area contributed by atoms with Crippen molar-refractivity contribution in [2.24, 2.45) is 17.8 Å². The van der Waals surface area contributed by atoms with E-state index in [-0.39, 0.29) is 0 Å². The first-order valence-corrected chi connectivity index (χ1v) is 4.44. The molecule has 0 aromatic heterocycles. The van der Waals surface area contributed by atoms with Crippen LogP contribution in [0.3, 0.4) is 0 Å². The van der Waals surface area contributed by atoms with Gasteiger partial charge in [0.25, 0.3) is 0 Å². The first-order chi connectivity index (χ1) is 5.15. The normalized spacial score (nSPS) is 38.5. The lowest BCUT2D eigenvalue weighted by atomic mass is 9.77. The van der Waals surface area contributed by atoms with Gasteiger partial charge in [-0.2, -0.15) is 0 Å². The zero-order valence-corrected chi connectivity index (χ0v) is 7.67. The molecule has 1 heteroatoms. The van der Waals surface area contributed by atoms with E-state index in [0.717, 1.165) is 0 Å². The lowest BCUT2D eigenvalue weighted by Crippen LogP contribution is -2.23. The Bertz CT molecular complexity index is 160. The van der Waals surface area contributed by atoms with E-state index in [4.69, 9.17) is 5.11 Å². The Labute approximate surface area is 69.1 Å². The van der Waals surface area contributed by atoms with E-state index in [2.05, 4.69) is 26.8 Å². The largest absolute Gasteiger partial charge is 0.396 e. The van der Waals surface area contributed by atoms with Crippen LogP contribution in [0.5, 0.6) is 0 Å². The molecule has 1 aliphatic carbocycles. The molecule has 3 unspecified atom stereocenters. The van der Waals surface area contributed by atoms with Gasteiger partial charge in [0.2, 0.25) is 0 Å². The average molecular weight is 154 g/mol. The molecule has 0 spiro atoms. The molecule has 64 valence electrons. The summed E-state index contributed by atoms with van der Waals surface area (Å²) in [7, 11) is 0. The number of hydrogen-bond acceptors (Lipinski definition) is 1. The van der Waals surface area contributed by atoms with Gasteiger partial charge in [-0.15, -0.1) is 0 Å². The predicted octanol–water partition coefficient (Wildman–Crippen LogP) is 2.22. The zero-order valence-electron chi connectivity index (χ0n) is 7.67. The molecule has 0 saturated heterocycles. The molecule has 0 aliphatic heterocycles. The van der Waals surface area contributed by atoms with Crippen LogP contribution < -0.4 is 0 Å². The number of hydrogen-bond donors (Lipinski definition) is 1. The molecule has 0 amide bonds. The van der Waals surface area contributed by atoms with Crippen molar-refractivity contribution in [1.29, 1.82) is 0 Å². The molecular weight excluding hydrogens is 136 g/mol. The molecule has 0 heterocycles. The molecular formula is C10H18O. The van der Waals surface area contributed by atoms with E-state index in [1.54, 1.807) is 0 Å². The fraction of sp³-hybridized carbons (Fsp3) is 0.800. The SMILES string of the molecule is CC1=CC(C)CC(C)C1CO. The zero-order chi connectivity index (χ0) is 8.43. The molecule has 0 aromatic carbocycles. The highest BCUT2D eigenvalue weighted by atomic mass is 16.3. The standard InChI is InChI=1S/C10H18O/c1-7-4-8(2)10(6-11)9(3)5-7/h4,7,9-11H,5-6H2,1-3H3. The van der Waals surface area contributed by atoms with Crippen molar-refractivity contribution in [3.05, 3.63) is 11.6 Å². The van der Waals surface area contributed by atoms with Gasteiger partial charge in [0.05, 0.1) is 0 Å². The maximum Gasteiger partial charge on any atom is 0.0498 e. The summed E-state index contributed by atoms with van der Waals surface area (Å²) in [5.74, 6) is 1.78. The quantitative estimate of drug-likeness (QED) is 0.574. The van der Waals surface area contributed by atoms with Crippen LogP contribution in [-0.2, 0) is 0 Å². The molecule has 1 aliphatic rings. The van der Waals surface area contributed by atoms with Crippen LogP contribution in [0, 0.1) is 17.8 Å². The van der Waals surface area contributed by atoms with Gasteiger partial charge in [0.15, 0.2) is 0 Å². The third-order valence-electron chi connectivity index (χ3n) is 2.76. The topological polar surface area (TPSA) is 20.2 Å². The summed E-state index contributed by atoms with van der Waals surface area (Å²) in [5.41, 5.74) is 1.37. The summed E-state index contributed by atoms with van der Waals surface area (Å²) in [4.78, 5) is 0. The van der Waals surface area contributed by atoms with E-state index in [9.17, 15) is 0 Å². The minimum Gasteiger partial charge on any atom is -0.396 e. The Balaban J connectivity index is 2.71. The van der Waals surface area contributed by atoms with Gasteiger partial charge >= 0.3 is 0 Å². The van der Waals surface area contributed by atoms with Gasteiger partial charge in [0, 0.05) is 12.5 Å². The summed E-state index contributed by atoms with van der Waals surface area (Å²) in [6.07, 6.45) is 3.52. The summed E-state index contributed by atoms with van der Waals surface area (Å²) in [6, 6.07) is 0. The molecule has 0 saturated carbocycles. The fourth-order valence-electron chi connectivity index (χ4n) is 2.16. The monoisotopic (exact) mass is 154 g/mol. The van der Waals surface area contributed by atoms with E-state index < -0.39 is 0 Å². The minimum absolute atomic E-state index is 0.316. The first kappa shape index (κ1) is 8.79. The lowest BCUT2D eigenvalue weighted by Gasteiger charge is -2.30. The number of allylic oxidation sites excluding steroid dienone is 1. The second kappa shape index (κ2) is 3.40. The summed E-state index contributed by atoms with van der Waals surface area (Å²) in [6.45, 7) is 6.92. The fourth-order valence-corrected chi connectivity index (χ4v) is 2.16. The molecule has 0 fully saturated rings. The minimum atomic E-state index is 0.316. The van der Waals surface area contributed by atoms with Crippen molar-refractivity contribution < 1.29 is 5.11 Å². The molecule has 0 bridgehead atoms. The van der Waals surface area contributed by atoms with Crippen molar-refractivity contribution in [3.8, 4) is 0 Å². The molecule has 1 N–H and O–H groups in total. The van der Waals surface area contributed by atoms with Crippen molar-refractivity contribution >= 4 is 0 Å². The predicted molar refractivity (Wildman–Crippen MR) is 47.3 cm³/mol. The Morgan fingerprint density at radius 2 is 2.18 bits per heavy atom. The summed E-state index contributed by atoms with van der Waals surface area (Å²) in [5, 5.41) is 9.08. The highest BCUT2D eigenvalue weighted by molar-refractivity contribution is 5.10. The second-order valence-electron chi connectivity index (χ2n) is 3.89. The number of rotatable bonds is 1. The van der Waals surface area contributed by atoms with Crippen LogP contribution >= 0.6 is 0 Å². The molecule has 0 radical (unpaired) electrons. The van der Waals surface area contributed by atoms with Crippen molar-refractivity contribution in [2.45, 2.75) is 27.2 Å². The van der Waals surface area contributed by atoms with Crippen LogP contribution in [0.15, 0.2) is 11.6 Å². The maximum atomic E-state index is 9.08. The first-order valence-electron chi connectivity index (χ1n) is 4.44. The van der Waals surface area contributed by atoms with E-state index >= 15 is 0 Å². The van der Waals surface area contributed by atoms with Gasteiger partial charge in [-0.25, -0.2) is 0 Å². The van der Waals surface area contributed by atoms with Gasteiger partial charge in [-0.3, -0.25) is 0 Å². The van der Waals surface area contributed by atoms with Crippen LogP contribution in [-0.4, -0.2) is 11.7 Å². The highest BCUT2D eigenvalue weighted by Crippen LogP contribution is 2.32. The Morgan fingerprint density at radius 3 is 2.64 bits per heavy atom. The number of aliphatic hydroxyl groups excluding tert-OH is 1. The summed E-state index contributed by atoms with van der Waals surface area (Å²) < 4.78 is 0. The smallest absolute Gasteiger partial charge is 0.0498 e. The van der Waals surface area contributed by atoms with Gasteiger partial charge < -0.3 is 5.11 Å². The molecule has 3 atom stereocenters. The van der Waals surface area contributed by atoms with Crippen molar-refractivity contribution in [2.75, 3.05) is 6.61 Å². The van der Waals surface area contributed by atoms with Gasteiger partial charge in [-0.05, 0) is 25.2 Å². The molecule has 1 nitrogen and oxygen atoms in total. The lowest BCUT2D eigenvalue weighted by molar-refractivity contribution is 0.186. The number of aliphatic hydroxyl groups is 1. The summed E-state index contributed by atoms with van der Waals surface area (Å²) >= 11 is 0.